The van der Waals surface area contributed by atoms with Crippen molar-refractivity contribution in [3.8, 4) is 0 Å². The Bertz CT molecular complexity index is 299. The molecule has 0 fully saturated rings. The quantitative estimate of drug-likeness (QED) is 0.584. The molecule has 0 saturated carbocycles. The fraction of sp³-hybridized carbons (Fsp3) is 0.900. The van der Waals surface area contributed by atoms with Crippen LogP contribution in [0.4, 0.5) is 0 Å². The predicted molar refractivity (Wildman–Crippen MR) is 65.0 cm³/mol. The SMILES string of the molecule is CC(C)CNC(=O)CNCCCS(C)(=O)=O. The van der Waals surface area contributed by atoms with Crippen molar-refractivity contribution in [3.63, 3.8) is 0 Å². The van der Waals surface area contributed by atoms with E-state index < -0.39 is 9.84 Å². The number of rotatable bonds is 8. The van der Waals surface area contributed by atoms with E-state index in [2.05, 4.69) is 10.6 Å². The molecule has 0 radical (unpaired) electrons. The van der Waals surface area contributed by atoms with Gasteiger partial charge in [-0.3, -0.25) is 4.79 Å². The lowest BCUT2D eigenvalue weighted by Gasteiger charge is -2.08. The van der Waals surface area contributed by atoms with E-state index in [-0.39, 0.29) is 18.2 Å². The van der Waals surface area contributed by atoms with E-state index in [1.807, 2.05) is 13.8 Å². The molecule has 0 aliphatic carbocycles. The minimum atomic E-state index is -2.89. The standard InChI is InChI=1S/C10H22N2O3S/c1-9(2)7-12-10(13)8-11-5-4-6-16(3,14)15/h9,11H,4-8H2,1-3H3,(H,12,13). The van der Waals surface area contributed by atoms with Crippen molar-refractivity contribution < 1.29 is 13.2 Å². The predicted octanol–water partition coefficient (Wildman–Crippen LogP) is -0.217. The molecule has 0 aliphatic rings. The maximum absolute atomic E-state index is 11.2. The van der Waals surface area contributed by atoms with Crippen LogP contribution in [0.3, 0.4) is 0 Å². The normalized spacial score (nSPS) is 11.8. The monoisotopic (exact) mass is 250 g/mol. The summed E-state index contributed by atoms with van der Waals surface area (Å²) in [5, 5.41) is 5.67. The summed E-state index contributed by atoms with van der Waals surface area (Å²) in [7, 11) is -2.89. The lowest BCUT2D eigenvalue weighted by Crippen LogP contribution is -2.36. The van der Waals surface area contributed by atoms with Gasteiger partial charge in [-0.25, -0.2) is 8.42 Å². The Kier molecular flexibility index (Phi) is 7.33. The molecule has 96 valence electrons. The molecule has 0 heterocycles. The van der Waals surface area contributed by atoms with Crippen LogP contribution in [0.25, 0.3) is 0 Å². The van der Waals surface area contributed by atoms with Crippen LogP contribution in [0, 0.1) is 5.92 Å². The van der Waals surface area contributed by atoms with Gasteiger partial charge >= 0.3 is 0 Å². The molecule has 6 heteroatoms. The van der Waals surface area contributed by atoms with E-state index in [4.69, 9.17) is 0 Å². The molecule has 0 spiro atoms. The zero-order valence-corrected chi connectivity index (χ0v) is 11.1. The molecule has 0 unspecified atom stereocenters. The molecule has 5 nitrogen and oxygen atoms in total. The summed E-state index contributed by atoms with van der Waals surface area (Å²) in [6.45, 7) is 5.52. The van der Waals surface area contributed by atoms with E-state index >= 15 is 0 Å². The number of sulfone groups is 1. The van der Waals surface area contributed by atoms with E-state index in [1.165, 1.54) is 6.26 Å². The van der Waals surface area contributed by atoms with Crippen molar-refractivity contribution in [2.75, 3.05) is 31.6 Å². The topological polar surface area (TPSA) is 75.3 Å². The van der Waals surface area contributed by atoms with Gasteiger partial charge in [0, 0.05) is 12.8 Å². The summed E-state index contributed by atoms with van der Waals surface area (Å²) < 4.78 is 21.6. The Hall–Kier alpha value is -0.620. The van der Waals surface area contributed by atoms with E-state index in [9.17, 15) is 13.2 Å². The van der Waals surface area contributed by atoms with Gasteiger partial charge in [0.1, 0.15) is 9.84 Å². The van der Waals surface area contributed by atoms with E-state index in [0.29, 0.717) is 25.4 Å². The first-order chi connectivity index (χ1) is 7.31. The maximum atomic E-state index is 11.2. The number of amides is 1. The van der Waals surface area contributed by atoms with Crippen molar-refractivity contribution in [2.24, 2.45) is 5.92 Å². The Balaban J connectivity index is 3.42. The second-order valence-electron chi connectivity index (χ2n) is 4.36. The number of carbonyl (C=O) groups is 1. The third-order valence-corrected chi connectivity index (χ3v) is 2.89. The van der Waals surface area contributed by atoms with Gasteiger partial charge in [-0.2, -0.15) is 0 Å². The Labute approximate surface area is 97.9 Å². The second kappa shape index (κ2) is 7.62. The minimum absolute atomic E-state index is 0.0481. The molecule has 0 aromatic carbocycles. The Morgan fingerprint density at radius 2 is 1.94 bits per heavy atom. The van der Waals surface area contributed by atoms with Gasteiger partial charge in [-0.05, 0) is 18.9 Å². The van der Waals surface area contributed by atoms with Crippen LogP contribution >= 0.6 is 0 Å². The average molecular weight is 250 g/mol. The van der Waals surface area contributed by atoms with Gasteiger partial charge in [-0.15, -0.1) is 0 Å². The molecular formula is C10H22N2O3S. The average Bonchev–Trinajstić information content (AvgIpc) is 2.12. The van der Waals surface area contributed by atoms with Gasteiger partial charge < -0.3 is 10.6 Å². The highest BCUT2D eigenvalue weighted by atomic mass is 32.2. The Morgan fingerprint density at radius 3 is 2.44 bits per heavy atom. The number of hydrogen-bond acceptors (Lipinski definition) is 4. The van der Waals surface area contributed by atoms with Gasteiger partial charge in [0.15, 0.2) is 0 Å². The highest BCUT2D eigenvalue weighted by Crippen LogP contribution is 1.87. The second-order valence-corrected chi connectivity index (χ2v) is 6.62. The van der Waals surface area contributed by atoms with Crippen LogP contribution in [0.1, 0.15) is 20.3 Å². The number of hydrogen-bond donors (Lipinski definition) is 2. The summed E-state index contributed by atoms with van der Waals surface area (Å²) in [4.78, 5) is 11.2. The van der Waals surface area contributed by atoms with Crippen molar-refractivity contribution >= 4 is 15.7 Å². The highest BCUT2D eigenvalue weighted by molar-refractivity contribution is 7.90. The third-order valence-electron chi connectivity index (χ3n) is 1.86. The summed E-state index contributed by atoms with van der Waals surface area (Å²) >= 11 is 0. The van der Waals surface area contributed by atoms with E-state index in [0.717, 1.165) is 0 Å². The van der Waals surface area contributed by atoms with Crippen LogP contribution in [0.5, 0.6) is 0 Å². The zero-order chi connectivity index (χ0) is 12.6. The largest absolute Gasteiger partial charge is 0.355 e. The van der Waals surface area contributed by atoms with Gasteiger partial charge in [-0.1, -0.05) is 13.8 Å². The molecule has 0 saturated heterocycles. The summed E-state index contributed by atoms with van der Waals surface area (Å²) in [6, 6.07) is 0. The highest BCUT2D eigenvalue weighted by Gasteiger charge is 2.03. The molecule has 2 N–H and O–H groups in total. The minimum Gasteiger partial charge on any atom is -0.355 e. The molecule has 0 aliphatic heterocycles. The Morgan fingerprint density at radius 1 is 1.31 bits per heavy atom. The molecular weight excluding hydrogens is 228 g/mol. The molecule has 0 aromatic rings. The van der Waals surface area contributed by atoms with Crippen molar-refractivity contribution in [3.05, 3.63) is 0 Å². The van der Waals surface area contributed by atoms with Crippen molar-refractivity contribution in [1.82, 2.24) is 10.6 Å². The first-order valence-corrected chi connectivity index (χ1v) is 7.52. The fourth-order valence-corrected chi connectivity index (χ4v) is 1.71. The van der Waals surface area contributed by atoms with Gasteiger partial charge in [0.2, 0.25) is 5.91 Å². The lowest BCUT2D eigenvalue weighted by atomic mass is 10.2. The third kappa shape index (κ3) is 11.5. The van der Waals surface area contributed by atoms with Crippen molar-refractivity contribution in [2.45, 2.75) is 20.3 Å². The maximum Gasteiger partial charge on any atom is 0.233 e. The molecule has 1 amide bonds. The lowest BCUT2D eigenvalue weighted by molar-refractivity contribution is -0.120. The van der Waals surface area contributed by atoms with Crippen LogP contribution in [0.15, 0.2) is 0 Å². The van der Waals surface area contributed by atoms with Gasteiger partial charge in [0.25, 0.3) is 0 Å². The molecule has 0 bridgehead atoms. The van der Waals surface area contributed by atoms with Crippen LogP contribution in [-0.2, 0) is 14.6 Å². The molecule has 0 rings (SSSR count). The fourth-order valence-electron chi connectivity index (χ4n) is 1.04. The van der Waals surface area contributed by atoms with Crippen LogP contribution < -0.4 is 10.6 Å². The first-order valence-electron chi connectivity index (χ1n) is 5.46. The molecule has 0 aromatic heterocycles. The first kappa shape index (κ1) is 15.4. The molecule has 16 heavy (non-hydrogen) atoms. The van der Waals surface area contributed by atoms with Gasteiger partial charge in [0.05, 0.1) is 12.3 Å². The number of carbonyl (C=O) groups excluding carboxylic acids is 1. The zero-order valence-electron chi connectivity index (χ0n) is 10.2. The van der Waals surface area contributed by atoms with Crippen LogP contribution in [-0.4, -0.2) is 46.0 Å². The van der Waals surface area contributed by atoms with Crippen LogP contribution in [0.2, 0.25) is 0 Å². The smallest absolute Gasteiger partial charge is 0.233 e. The van der Waals surface area contributed by atoms with E-state index in [1.54, 1.807) is 0 Å². The summed E-state index contributed by atoms with van der Waals surface area (Å²) in [5.74, 6) is 0.551. The van der Waals surface area contributed by atoms with Crippen molar-refractivity contribution in [1.29, 1.82) is 0 Å². The molecule has 0 atom stereocenters. The summed E-state index contributed by atoms with van der Waals surface area (Å²) in [6.07, 6.45) is 1.75. The summed E-state index contributed by atoms with van der Waals surface area (Å²) in [5.41, 5.74) is 0. The number of nitrogens with one attached hydrogen (secondary N) is 2.